The number of methoxy groups -OCH3 is 1. The molecule has 2 fully saturated rings. The van der Waals surface area contributed by atoms with E-state index >= 15 is 0 Å². The van der Waals surface area contributed by atoms with E-state index in [0.717, 1.165) is 37.0 Å². The third-order valence-electron chi connectivity index (χ3n) is 7.53. The molecule has 40 heavy (non-hydrogen) atoms. The summed E-state index contributed by atoms with van der Waals surface area (Å²) < 4.78 is 48.3. The number of aryl methyl sites for hydroxylation is 1. The second-order valence-corrected chi connectivity index (χ2v) is 10.00. The summed E-state index contributed by atoms with van der Waals surface area (Å²) in [6.07, 6.45) is -0.258. The molecular formula is C29H28F3N3O5. The van der Waals surface area contributed by atoms with E-state index in [1.54, 1.807) is 42.0 Å². The van der Waals surface area contributed by atoms with E-state index < -0.39 is 35.9 Å². The zero-order valence-electron chi connectivity index (χ0n) is 21.9. The number of ether oxygens (including phenoxy) is 2. The van der Waals surface area contributed by atoms with Crippen LogP contribution in [0, 0.1) is 6.92 Å². The molecular weight excluding hydrogens is 527 g/mol. The maximum Gasteiger partial charge on any atom is 0.573 e. The highest BCUT2D eigenvalue weighted by Gasteiger charge is 2.44. The van der Waals surface area contributed by atoms with Crippen LogP contribution in [0.1, 0.15) is 52.7 Å². The monoisotopic (exact) mass is 555 g/mol. The Balaban J connectivity index is 1.46. The first-order valence-electron chi connectivity index (χ1n) is 12.9. The molecule has 1 saturated carbocycles. The first-order chi connectivity index (χ1) is 19.1. The van der Waals surface area contributed by atoms with Crippen LogP contribution in [0.25, 0.3) is 0 Å². The number of hydrogen-bond donors (Lipinski definition) is 1. The van der Waals surface area contributed by atoms with Crippen molar-refractivity contribution in [2.24, 2.45) is 0 Å². The summed E-state index contributed by atoms with van der Waals surface area (Å²) in [6, 6.07) is 12.4. The highest BCUT2D eigenvalue weighted by Crippen LogP contribution is 2.35. The Morgan fingerprint density at radius 3 is 2.20 bits per heavy atom. The summed E-state index contributed by atoms with van der Waals surface area (Å²) in [6.45, 7) is 1.92. The normalized spacial score (nSPS) is 19.3. The Morgan fingerprint density at radius 1 is 0.975 bits per heavy atom. The van der Waals surface area contributed by atoms with Crippen molar-refractivity contribution >= 4 is 17.5 Å². The molecule has 1 aliphatic heterocycles. The molecule has 2 aromatic carbocycles. The predicted molar refractivity (Wildman–Crippen MR) is 141 cm³/mol. The van der Waals surface area contributed by atoms with Gasteiger partial charge in [-0.25, -0.2) is 0 Å². The number of anilines is 1. The number of alkyl halides is 3. The lowest BCUT2D eigenvalue weighted by Crippen LogP contribution is -2.45. The number of rotatable bonds is 7. The molecule has 11 heteroatoms. The number of amides is 2. The van der Waals surface area contributed by atoms with Crippen molar-refractivity contribution in [1.82, 2.24) is 9.88 Å². The van der Waals surface area contributed by atoms with Crippen molar-refractivity contribution in [3.05, 3.63) is 87.8 Å². The van der Waals surface area contributed by atoms with Gasteiger partial charge in [-0.15, -0.1) is 13.2 Å². The van der Waals surface area contributed by atoms with Gasteiger partial charge in [0.2, 0.25) is 5.91 Å². The fourth-order valence-corrected chi connectivity index (χ4v) is 5.19. The number of carbonyl (C=O) groups excluding carboxylic acids is 2. The second-order valence-electron chi connectivity index (χ2n) is 10.00. The lowest BCUT2D eigenvalue weighted by atomic mass is 9.92. The van der Waals surface area contributed by atoms with Crippen LogP contribution < -0.4 is 25.2 Å². The summed E-state index contributed by atoms with van der Waals surface area (Å²) >= 11 is 0. The van der Waals surface area contributed by atoms with E-state index in [2.05, 4.69) is 10.1 Å². The van der Waals surface area contributed by atoms with Gasteiger partial charge in [-0.3, -0.25) is 14.4 Å². The Kier molecular flexibility index (Phi) is 7.31. The van der Waals surface area contributed by atoms with Crippen molar-refractivity contribution < 1.29 is 32.2 Å². The fourth-order valence-electron chi connectivity index (χ4n) is 5.19. The van der Waals surface area contributed by atoms with E-state index in [1.807, 2.05) is 6.07 Å². The summed E-state index contributed by atoms with van der Waals surface area (Å²) in [5, 5.41) is 2.75. The molecule has 8 nitrogen and oxygen atoms in total. The fraction of sp³-hybridized carbons (Fsp3) is 0.345. The molecule has 0 unspecified atom stereocenters. The van der Waals surface area contributed by atoms with Gasteiger partial charge in [0, 0.05) is 30.3 Å². The molecule has 2 atom stereocenters. The first kappa shape index (κ1) is 27.3. The number of halogens is 3. The molecule has 3 aromatic rings. The lowest BCUT2D eigenvalue weighted by molar-refractivity contribution is -0.274. The highest BCUT2D eigenvalue weighted by molar-refractivity contribution is 6.05. The number of nitrogens with zero attached hydrogens (tertiary/aromatic N) is 2. The quantitative estimate of drug-likeness (QED) is 0.456. The molecule has 0 spiro atoms. The summed E-state index contributed by atoms with van der Waals surface area (Å²) in [5.41, 5.74) is 1.48. The van der Waals surface area contributed by atoms with Crippen LogP contribution in [0.15, 0.2) is 65.6 Å². The molecule has 1 N–H and O–H groups in total. The first-order valence-corrected chi connectivity index (χ1v) is 12.9. The summed E-state index contributed by atoms with van der Waals surface area (Å²) in [7, 11) is 1.54. The van der Waals surface area contributed by atoms with Crippen molar-refractivity contribution in [2.75, 3.05) is 18.6 Å². The third kappa shape index (κ3) is 5.41. The summed E-state index contributed by atoms with van der Waals surface area (Å²) in [5.74, 6) is -1.45. The lowest BCUT2D eigenvalue weighted by Gasteiger charge is -2.29. The van der Waals surface area contributed by atoms with Crippen LogP contribution in [-0.4, -0.2) is 42.4 Å². The molecule has 5 rings (SSSR count). The minimum absolute atomic E-state index is 0.0532. The van der Waals surface area contributed by atoms with Gasteiger partial charge < -0.3 is 24.3 Å². The SMILES string of the molecule is COc1ccc([C@@H]2CN(c3c(C)ccn(C4CCC4)c3=O)C(=O)[C@H]2NC(=O)c2ccc(OC(F)(F)F)cc2)cc1. The van der Waals surface area contributed by atoms with E-state index in [1.165, 1.54) is 24.1 Å². The molecule has 2 amide bonds. The Hall–Kier alpha value is -4.28. The van der Waals surface area contributed by atoms with Crippen LogP contribution >= 0.6 is 0 Å². The van der Waals surface area contributed by atoms with Gasteiger partial charge >= 0.3 is 6.36 Å². The molecule has 1 saturated heterocycles. The van der Waals surface area contributed by atoms with Crippen LogP contribution in [0.3, 0.4) is 0 Å². The standard InChI is InChI=1S/C29H28F3N3O5/c1-17-14-15-34(20-4-3-5-20)28(38)25(17)35-16-23(18-6-10-21(39-2)11-7-18)24(27(35)37)33-26(36)19-8-12-22(13-9-19)40-29(30,31)32/h6-15,20,23-24H,3-5,16H2,1-2H3,(H,33,36)/t23-,24-/m0/s1. The van der Waals surface area contributed by atoms with Crippen LogP contribution in [-0.2, 0) is 4.79 Å². The minimum Gasteiger partial charge on any atom is -0.497 e. The molecule has 2 heterocycles. The van der Waals surface area contributed by atoms with Crippen molar-refractivity contribution in [2.45, 2.75) is 50.6 Å². The van der Waals surface area contributed by atoms with Gasteiger partial charge in [0.15, 0.2) is 0 Å². The average Bonchev–Trinajstić information content (AvgIpc) is 3.19. The maximum atomic E-state index is 13.9. The van der Waals surface area contributed by atoms with Gasteiger partial charge in [-0.05, 0) is 79.8 Å². The largest absolute Gasteiger partial charge is 0.573 e. The minimum atomic E-state index is -4.86. The number of pyridine rings is 1. The third-order valence-corrected chi connectivity index (χ3v) is 7.53. The van der Waals surface area contributed by atoms with Gasteiger partial charge in [-0.2, -0.15) is 0 Å². The zero-order valence-corrected chi connectivity index (χ0v) is 21.9. The Bertz CT molecular complexity index is 1460. The van der Waals surface area contributed by atoms with Gasteiger partial charge in [0.05, 0.1) is 7.11 Å². The maximum absolute atomic E-state index is 13.9. The van der Waals surface area contributed by atoms with Crippen LogP contribution in [0.2, 0.25) is 0 Å². The van der Waals surface area contributed by atoms with Crippen molar-refractivity contribution in [1.29, 1.82) is 0 Å². The molecule has 0 radical (unpaired) electrons. The number of carbonyl (C=O) groups is 2. The van der Waals surface area contributed by atoms with Crippen molar-refractivity contribution in [3.63, 3.8) is 0 Å². The Labute approximate surface area is 228 Å². The molecule has 210 valence electrons. The number of benzene rings is 2. The molecule has 2 aliphatic rings. The number of aromatic nitrogens is 1. The van der Waals surface area contributed by atoms with E-state index in [-0.39, 0.29) is 29.4 Å². The van der Waals surface area contributed by atoms with Gasteiger partial charge in [0.1, 0.15) is 23.2 Å². The zero-order chi connectivity index (χ0) is 28.6. The Morgan fingerprint density at radius 2 is 1.62 bits per heavy atom. The van der Waals surface area contributed by atoms with Crippen LogP contribution in [0.4, 0.5) is 18.9 Å². The number of hydrogen-bond acceptors (Lipinski definition) is 5. The summed E-state index contributed by atoms with van der Waals surface area (Å²) in [4.78, 5) is 42.0. The molecule has 1 aromatic heterocycles. The van der Waals surface area contributed by atoms with Crippen molar-refractivity contribution in [3.8, 4) is 11.5 Å². The van der Waals surface area contributed by atoms with E-state index in [9.17, 15) is 27.6 Å². The van der Waals surface area contributed by atoms with E-state index in [4.69, 9.17) is 4.74 Å². The smallest absolute Gasteiger partial charge is 0.497 e. The second kappa shape index (κ2) is 10.7. The molecule has 1 aliphatic carbocycles. The highest BCUT2D eigenvalue weighted by atomic mass is 19.4. The topological polar surface area (TPSA) is 89.9 Å². The van der Waals surface area contributed by atoms with Gasteiger partial charge in [-0.1, -0.05) is 12.1 Å². The van der Waals surface area contributed by atoms with E-state index in [0.29, 0.717) is 11.3 Å². The molecule has 0 bridgehead atoms. The van der Waals surface area contributed by atoms with Crippen LogP contribution in [0.5, 0.6) is 11.5 Å². The number of nitrogens with one attached hydrogen (secondary N) is 1. The predicted octanol–water partition coefficient (Wildman–Crippen LogP) is 4.72. The van der Waals surface area contributed by atoms with Gasteiger partial charge in [0.25, 0.3) is 11.5 Å². The average molecular weight is 556 g/mol.